The fourth-order valence-electron chi connectivity index (χ4n) is 2.13. The van der Waals surface area contributed by atoms with Gasteiger partial charge in [-0.15, -0.1) is 0 Å². The lowest BCUT2D eigenvalue weighted by Crippen LogP contribution is -2.27. The van der Waals surface area contributed by atoms with Gasteiger partial charge in [-0.25, -0.2) is 13.1 Å². The quantitative estimate of drug-likeness (QED) is 0.709. The smallest absolute Gasteiger partial charge is 0.305 e. The van der Waals surface area contributed by atoms with Crippen LogP contribution in [-0.2, 0) is 26.1 Å². The number of aryl methyl sites for hydroxylation is 1. The van der Waals surface area contributed by atoms with Crippen LogP contribution in [-0.4, -0.2) is 48.5 Å². The van der Waals surface area contributed by atoms with Crippen molar-refractivity contribution >= 4 is 16.0 Å². The largest absolute Gasteiger partial charge is 0.481 e. The Bertz CT molecular complexity index is 577. The van der Waals surface area contributed by atoms with E-state index >= 15 is 0 Å². The maximum atomic E-state index is 12.0. The maximum Gasteiger partial charge on any atom is 0.305 e. The molecule has 21 heavy (non-hydrogen) atoms. The monoisotopic (exact) mass is 317 g/mol. The average Bonchev–Trinajstić information content (AvgIpc) is 3.07. The van der Waals surface area contributed by atoms with Gasteiger partial charge in [-0.05, 0) is 19.3 Å². The van der Waals surface area contributed by atoms with Gasteiger partial charge in [-0.3, -0.25) is 9.48 Å². The number of aromatic nitrogens is 2. The third-order valence-electron chi connectivity index (χ3n) is 3.26. The summed E-state index contributed by atoms with van der Waals surface area (Å²) < 4.78 is 33.3. The van der Waals surface area contributed by atoms with Crippen molar-refractivity contribution in [2.45, 2.75) is 43.2 Å². The van der Waals surface area contributed by atoms with Crippen LogP contribution < -0.4 is 4.72 Å². The van der Waals surface area contributed by atoms with E-state index in [1.165, 1.54) is 17.1 Å². The Kier molecular flexibility index (Phi) is 5.32. The molecule has 0 bridgehead atoms. The molecule has 118 valence electrons. The summed E-state index contributed by atoms with van der Waals surface area (Å²) in [5.41, 5.74) is 0. The van der Waals surface area contributed by atoms with Crippen molar-refractivity contribution in [3.05, 3.63) is 12.4 Å². The summed E-state index contributed by atoms with van der Waals surface area (Å²) >= 11 is 0. The molecule has 0 aliphatic carbocycles. The normalized spacial score (nSPS) is 19.0. The van der Waals surface area contributed by atoms with Crippen molar-refractivity contribution in [1.29, 1.82) is 0 Å². The molecule has 2 N–H and O–H groups in total. The number of rotatable bonds is 8. The molecule has 2 heterocycles. The molecular formula is C12H19N3O5S. The molecule has 1 unspecified atom stereocenters. The first-order valence-electron chi connectivity index (χ1n) is 6.83. The zero-order valence-electron chi connectivity index (χ0n) is 11.6. The molecule has 1 aromatic rings. The first-order chi connectivity index (χ1) is 9.97. The minimum absolute atomic E-state index is 0.0419. The van der Waals surface area contributed by atoms with E-state index in [4.69, 9.17) is 9.84 Å². The van der Waals surface area contributed by atoms with Crippen molar-refractivity contribution in [2.75, 3.05) is 13.2 Å². The average molecular weight is 317 g/mol. The standard InChI is InChI=1S/C12H19N3O5S/c16-12(17)4-6-15-9-11(8-13-15)21(18,19)14-5-3-10-2-1-7-20-10/h8-10,14H,1-7H2,(H,16,17). The number of nitrogens with zero attached hydrogens (tertiary/aromatic N) is 2. The molecule has 1 aliphatic heterocycles. The van der Waals surface area contributed by atoms with Crippen molar-refractivity contribution < 1.29 is 23.1 Å². The van der Waals surface area contributed by atoms with Crippen molar-refractivity contribution in [3.8, 4) is 0 Å². The Hall–Kier alpha value is -1.45. The highest BCUT2D eigenvalue weighted by Crippen LogP contribution is 2.15. The van der Waals surface area contributed by atoms with E-state index in [0.717, 1.165) is 19.4 Å². The molecule has 0 radical (unpaired) electrons. The SMILES string of the molecule is O=C(O)CCn1cc(S(=O)(=O)NCCC2CCCO2)cn1. The summed E-state index contributed by atoms with van der Waals surface area (Å²) in [5, 5.41) is 12.4. The second-order valence-corrected chi connectivity index (χ2v) is 6.67. The number of carboxylic acid groups (broad SMARTS) is 1. The molecule has 0 amide bonds. The Morgan fingerprint density at radius 2 is 2.38 bits per heavy atom. The first kappa shape index (κ1) is 15.9. The van der Waals surface area contributed by atoms with Crippen LogP contribution >= 0.6 is 0 Å². The van der Waals surface area contributed by atoms with Crippen LogP contribution in [0.25, 0.3) is 0 Å². The van der Waals surface area contributed by atoms with Crippen molar-refractivity contribution in [2.24, 2.45) is 0 Å². The Labute approximate surface area is 123 Å². The van der Waals surface area contributed by atoms with E-state index < -0.39 is 16.0 Å². The number of hydrogen-bond acceptors (Lipinski definition) is 5. The van der Waals surface area contributed by atoms with Crippen LogP contribution in [0.3, 0.4) is 0 Å². The number of carbonyl (C=O) groups is 1. The third kappa shape index (κ3) is 4.80. The van der Waals surface area contributed by atoms with Crippen LogP contribution in [0.1, 0.15) is 25.7 Å². The lowest BCUT2D eigenvalue weighted by atomic mass is 10.2. The lowest BCUT2D eigenvalue weighted by molar-refractivity contribution is -0.137. The van der Waals surface area contributed by atoms with Gasteiger partial charge < -0.3 is 9.84 Å². The van der Waals surface area contributed by atoms with Gasteiger partial charge in [0.25, 0.3) is 0 Å². The topological polar surface area (TPSA) is 111 Å². The van der Waals surface area contributed by atoms with Gasteiger partial charge in [0.15, 0.2) is 0 Å². The summed E-state index contributed by atoms with van der Waals surface area (Å²) in [6.07, 6.45) is 5.21. The molecular weight excluding hydrogens is 298 g/mol. The Morgan fingerprint density at radius 3 is 3.05 bits per heavy atom. The van der Waals surface area contributed by atoms with Gasteiger partial charge in [0.1, 0.15) is 4.90 Å². The van der Waals surface area contributed by atoms with Crippen LogP contribution in [0, 0.1) is 0 Å². The maximum absolute atomic E-state index is 12.0. The highest BCUT2D eigenvalue weighted by atomic mass is 32.2. The minimum atomic E-state index is -3.61. The molecule has 0 saturated carbocycles. The molecule has 9 heteroatoms. The van der Waals surface area contributed by atoms with Crippen LogP contribution in [0.15, 0.2) is 17.3 Å². The van der Waals surface area contributed by atoms with Gasteiger partial charge >= 0.3 is 5.97 Å². The second kappa shape index (κ2) is 7.01. The predicted octanol–water partition coefficient (Wildman–Crippen LogP) is 0.205. The summed E-state index contributed by atoms with van der Waals surface area (Å²) in [4.78, 5) is 10.5. The minimum Gasteiger partial charge on any atom is -0.481 e. The number of sulfonamides is 1. The van der Waals surface area contributed by atoms with E-state index in [9.17, 15) is 13.2 Å². The van der Waals surface area contributed by atoms with Gasteiger partial charge in [0.2, 0.25) is 10.0 Å². The fraction of sp³-hybridized carbons (Fsp3) is 0.667. The molecule has 0 aromatic carbocycles. The van der Waals surface area contributed by atoms with Crippen LogP contribution in [0.5, 0.6) is 0 Å². The number of aliphatic carboxylic acids is 1. The van der Waals surface area contributed by atoms with Crippen LogP contribution in [0.4, 0.5) is 0 Å². The summed E-state index contributed by atoms with van der Waals surface area (Å²) in [6, 6.07) is 0. The molecule has 1 saturated heterocycles. The van der Waals surface area contributed by atoms with E-state index in [1.807, 2.05) is 0 Å². The van der Waals surface area contributed by atoms with E-state index in [-0.39, 0.29) is 24.0 Å². The van der Waals surface area contributed by atoms with Crippen LogP contribution in [0.2, 0.25) is 0 Å². The fourth-order valence-corrected chi connectivity index (χ4v) is 3.13. The van der Waals surface area contributed by atoms with E-state index in [2.05, 4.69) is 9.82 Å². The van der Waals surface area contributed by atoms with Gasteiger partial charge in [0, 0.05) is 19.3 Å². The second-order valence-electron chi connectivity index (χ2n) is 4.90. The zero-order chi connectivity index (χ0) is 15.3. The van der Waals surface area contributed by atoms with Gasteiger partial charge in [-0.1, -0.05) is 0 Å². The van der Waals surface area contributed by atoms with Gasteiger partial charge in [-0.2, -0.15) is 5.10 Å². The first-order valence-corrected chi connectivity index (χ1v) is 8.31. The lowest BCUT2D eigenvalue weighted by Gasteiger charge is -2.09. The van der Waals surface area contributed by atoms with Gasteiger partial charge in [0.05, 0.1) is 25.3 Å². The molecule has 2 rings (SSSR count). The molecule has 0 spiro atoms. The molecule has 1 aliphatic rings. The summed E-state index contributed by atoms with van der Waals surface area (Å²) in [6.45, 7) is 1.20. The molecule has 1 aromatic heterocycles. The number of ether oxygens (including phenoxy) is 1. The highest BCUT2D eigenvalue weighted by molar-refractivity contribution is 7.89. The van der Waals surface area contributed by atoms with E-state index in [1.54, 1.807) is 0 Å². The zero-order valence-corrected chi connectivity index (χ0v) is 12.4. The predicted molar refractivity (Wildman–Crippen MR) is 73.3 cm³/mol. The molecule has 1 fully saturated rings. The summed E-state index contributed by atoms with van der Waals surface area (Å²) in [5.74, 6) is -0.954. The number of hydrogen-bond donors (Lipinski definition) is 2. The number of nitrogens with one attached hydrogen (secondary N) is 1. The number of carboxylic acids is 1. The summed E-state index contributed by atoms with van der Waals surface area (Å²) in [7, 11) is -3.61. The van der Waals surface area contributed by atoms with E-state index in [0.29, 0.717) is 13.0 Å². The van der Waals surface area contributed by atoms with Crippen molar-refractivity contribution in [3.63, 3.8) is 0 Å². The Balaban J connectivity index is 1.85. The highest BCUT2D eigenvalue weighted by Gasteiger charge is 2.19. The molecule has 1 atom stereocenters. The van der Waals surface area contributed by atoms with Crippen molar-refractivity contribution in [1.82, 2.24) is 14.5 Å². The molecule has 8 nitrogen and oxygen atoms in total. The third-order valence-corrected chi connectivity index (χ3v) is 4.67. The Morgan fingerprint density at radius 1 is 1.57 bits per heavy atom.